The SMILES string of the molecule is O[C@@H](c1cccc2ccccc12)C1CCNCC1. The third-order valence-electron chi connectivity index (χ3n) is 3.97. The van der Waals surface area contributed by atoms with Gasteiger partial charge in [0, 0.05) is 0 Å². The molecule has 1 atom stereocenters. The zero-order chi connectivity index (χ0) is 12.4. The Morgan fingerprint density at radius 1 is 1.00 bits per heavy atom. The van der Waals surface area contributed by atoms with Crippen molar-refractivity contribution in [3.05, 3.63) is 48.0 Å². The van der Waals surface area contributed by atoms with Gasteiger partial charge in [0.15, 0.2) is 0 Å². The third kappa shape index (κ3) is 2.14. The Balaban J connectivity index is 1.97. The van der Waals surface area contributed by atoms with Crippen molar-refractivity contribution in [3.8, 4) is 0 Å². The predicted octanol–water partition coefficient (Wildman–Crippen LogP) is 2.87. The van der Waals surface area contributed by atoms with Crippen LogP contribution >= 0.6 is 0 Å². The quantitative estimate of drug-likeness (QED) is 0.847. The fourth-order valence-electron chi connectivity index (χ4n) is 2.92. The van der Waals surface area contributed by atoms with E-state index < -0.39 is 0 Å². The average molecular weight is 241 g/mol. The molecule has 0 radical (unpaired) electrons. The van der Waals surface area contributed by atoms with Crippen LogP contribution in [0.5, 0.6) is 0 Å². The van der Waals surface area contributed by atoms with Crippen molar-refractivity contribution in [2.24, 2.45) is 5.92 Å². The highest BCUT2D eigenvalue weighted by molar-refractivity contribution is 5.85. The lowest BCUT2D eigenvalue weighted by Gasteiger charge is -2.28. The molecule has 0 unspecified atom stereocenters. The molecule has 0 spiro atoms. The van der Waals surface area contributed by atoms with Crippen LogP contribution in [0, 0.1) is 5.92 Å². The normalized spacial score (nSPS) is 18.9. The molecule has 1 fully saturated rings. The molecule has 1 aliphatic rings. The van der Waals surface area contributed by atoms with E-state index in [-0.39, 0.29) is 6.10 Å². The first-order chi connectivity index (χ1) is 8.86. The van der Waals surface area contributed by atoms with Crippen molar-refractivity contribution in [2.75, 3.05) is 13.1 Å². The van der Waals surface area contributed by atoms with Crippen molar-refractivity contribution in [2.45, 2.75) is 18.9 Å². The highest BCUT2D eigenvalue weighted by Gasteiger charge is 2.23. The van der Waals surface area contributed by atoms with Crippen LogP contribution in [0.2, 0.25) is 0 Å². The maximum absolute atomic E-state index is 10.6. The molecule has 0 bridgehead atoms. The van der Waals surface area contributed by atoms with Crippen LogP contribution < -0.4 is 5.32 Å². The van der Waals surface area contributed by atoms with E-state index in [1.807, 2.05) is 18.2 Å². The minimum Gasteiger partial charge on any atom is -0.388 e. The van der Waals surface area contributed by atoms with Crippen LogP contribution in [0.1, 0.15) is 24.5 Å². The molecule has 1 aliphatic heterocycles. The van der Waals surface area contributed by atoms with E-state index in [4.69, 9.17) is 0 Å². The molecule has 1 heterocycles. The Bertz CT molecular complexity index is 526. The Kier molecular flexibility index (Phi) is 3.31. The first kappa shape index (κ1) is 11.7. The van der Waals surface area contributed by atoms with E-state index >= 15 is 0 Å². The Morgan fingerprint density at radius 3 is 2.56 bits per heavy atom. The zero-order valence-corrected chi connectivity index (χ0v) is 10.5. The van der Waals surface area contributed by atoms with Gasteiger partial charge in [0.05, 0.1) is 6.10 Å². The minimum absolute atomic E-state index is 0.335. The molecule has 2 N–H and O–H groups in total. The fraction of sp³-hybridized carbons (Fsp3) is 0.375. The molecule has 0 aliphatic carbocycles. The van der Waals surface area contributed by atoms with Gasteiger partial charge in [-0.1, -0.05) is 42.5 Å². The predicted molar refractivity (Wildman–Crippen MR) is 74.5 cm³/mol. The number of fused-ring (bicyclic) bond motifs is 1. The average Bonchev–Trinajstić information content (AvgIpc) is 2.47. The van der Waals surface area contributed by atoms with Crippen LogP contribution in [0.3, 0.4) is 0 Å². The van der Waals surface area contributed by atoms with Crippen LogP contribution in [-0.2, 0) is 0 Å². The summed E-state index contributed by atoms with van der Waals surface area (Å²) in [6, 6.07) is 14.5. The van der Waals surface area contributed by atoms with Gasteiger partial charge in [0.25, 0.3) is 0 Å². The summed E-state index contributed by atoms with van der Waals surface area (Å²) in [5, 5.41) is 16.4. The van der Waals surface area contributed by atoms with E-state index in [9.17, 15) is 5.11 Å². The second kappa shape index (κ2) is 5.09. The smallest absolute Gasteiger partial charge is 0.0825 e. The van der Waals surface area contributed by atoms with Gasteiger partial charge >= 0.3 is 0 Å². The number of aliphatic hydroxyl groups excluding tert-OH is 1. The second-order valence-electron chi connectivity index (χ2n) is 5.10. The summed E-state index contributed by atoms with van der Waals surface area (Å²) >= 11 is 0. The number of hydrogen-bond donors (Lipinski definition) is 2. The Morgan fingerprint density at radius 2 is 1.72 bits per heavy atom. The van der Waals surface area contributed by atoms with Crippen LogP contribution in [0.25, 0.3) is 10.8 Å². The molecule has 18 heavy (non-hydrogen) atoms. The van der Waals surface area contributed by atoms with Gasteiger partial charge in [-0.05, 0) is 48.2 Å². The lowest BCUT2D eigenvalue weighted by Crippen LogP contribution is -2.30. The summed E-state index contributed by atoms with van der Waals surface area (Å²) in [4.78, 5) is 0. The monoisotopic (exact) mass is 241 g/mol. The highest BCUT2D eigenvalue weighted by atomic mass is 16.3. The van der Waals surface area contributed by atoms with Crippen molar-refractivity contribution in [3.63, 3.8) is 0 Å². The van der Waals surface area contributed by atoms with Crippen LogP contribution in [-0.4, -0.2) is 18.2 Å². The molecule has 0 aromatic heterocycles. The molecule has 3 rings (SSSR count). The molecule has 2 nitrogen and oxygen atoms in total. The lowest BCUT2D eigenvalue weighted by molar-refractivity contribution is 0.0902. The molecule has 0 saturated carbocycles. The van der Waals surface area contributed by atoms with Crippen molar-refractivity contribution >= 4 is 10.8 Å². The van der Waals surface area contributed by atoms with E-state index in [1.165, 1.54) is 10.8 Å². The summed E-state index contributed by atoms with van der Waals surface area (Å²) in [5.74, 6) is 0.386. The Hall–Kier alpha value is -1.38. The van der Waals surface area contributed by atoms with E-state index in [1.54, 1.807) is 0 Å². The number of nitrogens with one attached hydrogen (secondary N) is 1. The summed E-state index contributed by atoms with van der Waals surface area (Å²) in [5.41, 5.74) is 1.08. The standard InChI is InChI=1S/C16H19NO/c18-16(13-8-10-17-11-9-13)15-7-3-5-12-4-1-2-6-14(12)15/h1-7,13,16-18H,8-11H2/t16-/m1/s1. The van der Waals surface area contributed by atoms with Crippen molar-refractivity contribution < 1.29 is 5.11 Å². The lowest BCUT2D eigenvalue weighted by atomic mass is 9.86. The third-order valence-corrected chi connectivity index (χ3v) is 3.97. The molecule has 2 aromatic carbocycles. The van der Waals surface area contributed by atoms with Gasteiger partial charge in [0.1, 0.15) is 0 Å². The topological polar surface area (TPSA) is 32.3 Å². The number of benzene rings is 2. The van der Waals surface area contributed by atoms with Gasteiger partial charge in [-0.15, -0.1) is 0 Å². The number of aliphatic hydroxyl groups is 1. The first-order valence-corrected chi connectivity index (χ1v) is 6.73. The van der Waals surface area contributed by atoms with Crippen LogP contribution in [0.15, 0.2) is 42.5 Å². The maximum atomic E-state index is 10.6. The second-order valence-corrected chi connectivity index (χ2v) is 5.10. The summed E-state index contributed by atoms with van der Waals surface area (Å²) in [7, 11) is 0. The molecular weight excluding hydrogens is 222 g/mol. The van der Waals surface area contributed by atoms with Crippen molar-refractivity contribution in [1.29, 1.82) is 0 Å². The molecule has 2 aromatic rings. The van der Waals surface area contributed by atoms with Gasteiger partial charge < -0.3 is 10.4 Å². The van der Waals surface area contributed by atoms with E-state index in [0.29, 0.717) is 5.92 Å². The highest BCUT2D eigenvalue weighted by Crippen LogP contribution is 2.32. The molecule has 1 saturated heterocycles. The summed E-state index contributed by atoms with van der Waals surface area (Å²) in [6.07, 6.45) is 1.78. The molecule has 2 heteroatoms. The largest absolute Gasteiger partial charge is 0.388 e. The van der Waals surface area contributed by atoms with E-state index in [0.717, 1.165) is 31.5 Å². The minimum atomic E-state index is -0.335. The number of piperidine rings is 1. The maximum Gasteiger partial charge on any atom is 0.0825 e. The molecule has 0 amide bonds. The van der Waals surface area contributed by atoms with Crippen LogP contribution in [0.4, 0.5) is 0 Å². The van der Waals surface area contributed by atoms with Gasteiger partial charge in [-0.3, -0.25) is 0 Å². The molecule has 94 valence electrons. The zero-order valence-electron chi connectivity index (χ0n) is 10.5. The summed E-state index contributed by atoms with van der Waals surface area (Å²) < 4.78 is 0. The van der Waals surface area contributed by atoms with Gasteiger partial charge in [0.2, 0.25) is 0 Å². The van der Waals surface area contributed by atoms with E-state index in [2.05, 4.69) is 29.6 Å². The first-order valence-electron chi connectivity index (χ1n) is 6.73. The Labute approximate surface area is 108 Å². The summed E-state index contributed by atoms with van der Waals surface area (Å²) in [6.45, 7) is 2.04. The van der Waals surface area contributed by atoms with Crippen molar-refractivity contribution in [1.82, 2.24) is 5.32 Å². The number of hydrogen-bond acceptors (Lipinski definition) is 2. The fourth-order valence-corrected chi connectivity index (χ4v) is 2.92. The van der Waals surface area contributed by atoms with Gasteiger partial charge in [-0.25, -0.2) is 0 Å². The van der Waals surface area contributed by atoms with Gasteiger partial charge in [-0.2, -0.15) is 0 Å². The molecular formula is C16H19NO. The number of rotatable bonds is 2.